The first-order valence-corrected chi connectivity index (χ1v) is 10.0. The Bertz CT molecular complexity index is 1020. The predicted octanol–water partition coefficient (Wildman–Crippen LogP) is 4.38. The van der Waals surface area contributed by atoms with Crippen LogP contribution in [-0.4, -0.2) is 37.0 Å². The molecule has 3 rings (SSSR count). The van der Waals surface area contributed by atoms with Crippen LogP contribution in [0.2, 0.25) is 0 Å². The van der Waals surface area contributed by atoms with Crippen molar-refractivity contribution in [1.29, 1.82) is 0 Å². The molecule has 2 amide bonds. The molecule has 0 unspecified atom stereocenters. The van der Waals surface area contributed by atoms with E-state index in [2.05, 4.69) is 21.2 Å². The Labute approximate surface area is 181 Å². The van der Waals surface area contributed by atoms with E-state index in [1.54, 1.807) is 42.5 Å². The van der Waals surface area contributed by atoms with Gasteiger partial charge >= 0.3 is 6.09 Å². The van der Waals surface area contributed by atoms with E-state index in [0.29, 0.717) is 21.3 Å². The highest BCUT2D eigenvalue weighted by Crippen LogP contribution is 2.28. The van der Waals surface area contributed by atoms with Gasteiger partial charge in [-0.3, -0.25) is 14.5 Å². The van der Waals surface area contributed by atoms with Crippen LogP contribution in [0.5, 0.6) is 0 Å². The maximum absolute atomic E-state index is 14.7. The standard InChI is InChI=1S/C22H20BrFN2O4/c1-13(27)15-3-5-16(6-4-15)20(23)9-17-7-8-18(10-21(17)24)26-12-19(30-22(26)29)11-25-14(2)28/h3-10,19H,11-12H2,1-2H3,(H,25,28)/t19-/m0/s1. The molecule has 30 heavy (non-hydrogen) atoms. The molecule has 1 heterocycles. The van der Waals surface area contributed by atoms with Gasteiger partial charge in [0.05, 0.1) is 18.8 Å². The Morgan fingerprint density at radius 2 is 1.87 bits per heavy atom. The number of hydrogen-bond donors (Lipinski definition) is 1. The van der Waals surface area contributed by atoms with Gasteiger partial charge in [0.25, 0.3) is 0 Å². The molecule has 2 aromatic rings. The second-order valence-electron chi connectivity index (χ2n) is 6.89. The lowest BCUT2D eigenvalue weighted by Crippen LogP contribution is -2.33. The number of anilines is 1. The normalized spacial score (nSPS) is 16.4. The zero-order chi connectivity index (χ0) is 21.8. The molecule has 0 radical (unpaired) electrons. The number of ether oxygens (including phenoxy) is 1. The van der Waals surface area contributed by atoms with Crippen LogP contribution in [0.3, 0.4) is 0 Å². The maximum Gasteiger partial charge on any atom is 0.414 e. The third-order valence-electron chi connectivity index (χ3n) is 4.60. The largest absolute Gasteiger partial charge is 0.442 e. The van der Waals surface area contributed by atoms with Crippen LogP contribution in [-0.2, 0) is 9.53 Å². The first kappa shape index (κ1) is 21.7. The van der Waals surface area contributed by atoms with Crippen molar-refractivity contribution in [3.63, 3.8) is 0 Å². The van der Waals surface area contributed by atoms with E-state index >= 15 is 0 Å². The third-order valence-corrected chi connectivity index (χ3v) is 5.28. The molecule has 1 N–H and O–H groups in total. The molecule has 1 saturated heterocycles. The van der Waals surface area contributed by atoms with Gasteiger partial charge in [0.1, 0.15) is 11.9 Å². The minimum Gasteiger partial charge on any atom is -0.442 e. The SMILES string of the molecule is CC(=O)NC[C@H]1CN(c2ccc(C=C(Br)c3ccc(C(C)=O)cc3)c(F)c2)C(=O)O1. The molecule has 1 aliphatic rings. The molecule has 8 heteroatoms. The molecule has 0 bridgehead atoms. The first-order valence-electron chi connectivity index (χ1n) is 9.25. The number of nitrogens with zero attached hydrogens (tertiary/aromatic N) is 1. The number of nitrogens with one attached hydrogen (secondary N) is 1. The maximum atomic E-state index is 14.7. The highest BCUT2D eigenvalue weighted by atomic mass is 79.9. The summed E-state index contributed by atoms with van der Waals surface area (Å²) in [7, 11) is 0. The summed E-state index contributed by atoms with van der Waals surface area (Å²) >= 11 is 3.44. The van der Waals surface area contributed by atoms with Crippen molar-refractivity contribution in [2.75, 3.05) is 18.0 Å². The lowest BCUT2D eigenvalue weighted by Gasteiger charge is -2.14. The second kappa shape index (κ2) is 9.21. The van der Waals surface area contributed by atoms with Crippen molar-refractivity contribution in [3.8, 4) is 0 Å². The van der Waals surface area contributed by atoms with E-state index in [0.717, 1.165) is 5.56 Å². The molecular weight excluding hydrogens is 455 g/mol. The Hall–Kier alpha value is -3.00. The molecule has 1 atom stereocenters. The van der Waals surface area contributed by atoms with Gasteiger partial charge in [-0.15, -0.1) is 0 Å². The number of halogens is 2. The second-order valence-corrected chi connectivity index (χ2v) is 7.74. The van der Waals surface area contributed by atoms with Gasteiger partial charge in [0, 0.05) is 22.5 Å². The minimum absolute atomic E-state index is 0.0250. The van der Waals surface area contributed by atoms with Crippen LogP contribution in [0, 0.1) is 5.82 Å². The van der Waals surface area contributed by atoms with E-state index in [-0.39, 0.29) is 24.8 Å². The van der Waals surface area contributed by atoms with Gasteiger partial charge in [0.2, 0.25) is 5.91 Å². The van der Waals surface area contributed by atoms with Crippen LogP contribution in [0.25, 0.3) is 10.6 Å². The van der Waals surface area contributed by atoms with Crippen molar-refractivity contribution in [1.82, 2.24) is 5.32 Å². The number of carbonyl (C=O) groups excluding carboxylic acids is 3. The van der Waals surface area contributed by atoms with Crippen molar-refractivity contribution >= 4 is 50.0 Å². The van der Waals surface area contributed by atoms with Crippen molar-refractivity contribution in [3.05, 3.63) is 65.0 Å². The minimum atomic E-state index is -0.584. The van der Waals surface area contributed by atoms with E-state index < -0.39 is 18.0 Å². The topological polar surface area (TPSA) is 75.7 Å². The smallest absolute Gasteiger partial charge is 0.414 e. The summed E-state index contributed by atoms with van der Waals surface area (Å²) in [5.41, 5.74) is 2.11. The average molecular weight is 475 g/mol. The summed E-state index contributed by atoms with van der Waals surface area (Å²) in [5.74, 6) is -0.737. The highest BCUT2D eigenvalue weighted by Gasteiger charge is 2.32. The zero-order valence-electron chi connectivity index (χ0n) is 16.4. The molecule has 156 valence electrons. The van der Waals surface area contributed by atoms with Crippen LogP contribution in [0.4, 0.5) is 14.9 Å². The summed E-state index contributed by atoms with van der Waals surface area (Å²) < 4.78 is 20.5. The van der Waals surface area contributed by atoms with Crippen LogP contribution >= 0.6 is 15.9 Å². The monoisotopic (exact) mass is 474 g/mol. The van der Waals surface area contributed by atoms with E-state index in [1.165, 1.54) is 24.8 Å². The molecule has 0 spiro atoms. The number of ketones is 1. The molecule has 0 aliphatic carbocycles. The summed E-state index contributed by atoms with van der Waals surface area (Å²) in [5, 5.41) is 2.60. The molecular formula is C22H20BrFN2O4. The van der Waals surface area contributed by atoms with Gasteiger partial charge < -0.3 is 10.1 Å². The summed E-state index contributed by atoms with van der Waals surface area (Å²) in [4.78, 5) is 35.8. The van der Waals surface area contributed by atoms with Crippen molar-refractivity contribution < 1.29 is 23.5 Å². The third kappa shape index (κ3) is 5.13. The number of hydrogen-bond acceptors (Lipinski definition) is 4. The van der Waals surface area contributed by atoms with E-state index in [9.17, 15) is 18.8 Å². The van der Waals surface area contributed by atoms with Gasteiger partial charge in [-0.1, -0.05) is 40.2 Å². The lowest BCUT2D eigenvalue weighted by atomic mass is 10.1. The van der Waals surface area contributed by atoms with Gasteiger partial charge in [-0.2, -0.15) is 0 Å². The predicted molar refractivity (Wildman–Crippen MR) is 116 cm³/mol. The van der Waals surface area contributed by atoms with Gasteiger partial charge in [-0.05, 0) is 36.8 Å². The lowest BCUT2D eigenvalue weighted by molar-refractivity contribution is -0.119. The van der Waals surface area contributed by atoms with E-state index in [4.69, 9.17) is 4.74 Å². The van der Waals surface area contributed by atoms with Crippen LogP contribution in [0.1, 0.15) is 35.3 Å². The van der Waals surface area contributed by atoms with Crippen molar-refractivity contribution in [2.45, 2.75) is 20.0 Å². The van der Waals surface area contributed by atoms with E-state index in [1.807, 2.05) is 0 Å². The summed E-state index contributed by atoms with van der Waals surface area (Å²) in [6, 6.07) is 11.5. The molecule has 0 aromatic heterocycles. The molecule has 1 aliphatic heterocycles. The summed E-state index contributed by atoms with van der Waals surface area (Å²) in [6.45, 7) is 3.30. The van der Waals surface area contributed by atoms with Gasteiger partial charge in [-0.25, -0.2) is 9.18 Å². The fourth-order valence-electron chi connectivity index (χ4n) is 2.98. The van der Waals surface area contributed by atoms with Crippen LogP contribution < -0.4 is 10.2 Å². The van der Waals surface area contributed by atoms with Crippen LogP contribution in [0.15, 0.2) is 42.5 Å². The molecule has 1 fully saturated rings. The Kier molecular flexibility index (Phi) is 6.66. The fourth-order valence-corrected chi connectivity index (χ4v) is 3.49. The zero-order valence-corrected chi connectivity index (χ0v) is 18.0. The Balaban J connectivity index is 1.75. The van der Waals surface area contributed by atoms with Gasteiger partial charge in [0.15, 0.2) is 5.78 Å². The number of benzene rings is 2. The number of rotatable bonds is 6. The number of cyclic esters (lactones) is 1. The Morgan fingerprint density at radius 1 is 1.20 bits per heavy atom. The molecule has 6 nitrogen and oxygen atoms in total. The number of amides is 2. The average Bonchev–Trinajstić information content (AvgIpc) is 3.08. The quantitative estimate of drug-likeness (QED) is 0.497. The molecule has 2 aromatic carbocycles. The fraction of sp³-hybridized carbons (Fsp3) is 0.227. The number of carbonyl (C=O) groups is 3. The highest BCUT2D eigenvalue weighted by molar-refractivity contribution is 9.15. The summed E-state index contributed by atoms with van der Waals surface area (Å²) in [6.07, 6.45) is 0.556. The first-order chi connectivity index (χ1) is 14.2. The Morgan fingerprint density at radius 3 is 2.47 bits per heavy atom. The number of Topliss-reactive ketones (excluding diaryl/α,β-unsaturated/α-hetero) is 1. The molecule has 0 saturated carbocycles. The van der Waals surface area contributed by atoms with Crippen molar-refractivity contribution in [2.24, 2.45) is 0 Å².